The van der Waals surface area contributed by atoms with E-state index < -0.39 is 10.0 Å². The first-order valence-corrected chi connectivity index (χ1v) is 9.00. The molecule has 1 aromatic rings. The van der Waals surface area contributed by atoms with Gasteiger partial charge in [0.15, 0.2) is 0 Å². The lowest BCUT2D eigenvalue weighted by Crippen LogP contribution is -2.52. The summed E-state index contributed by atoms with van der Waals surface area (Å²) in [6.45, 7) is 7.08. The SMILES string of the molecule is CC(C)=CNC(=O)N1CCN(S(=O)(=O)c2ccc(C)cc2)CC1. The topological polar surface area (TPSA) is 69.7 Å². The Kier molecular flexibility index (Phi) is 5.43. The predicted octanol–water partition coefficient (Wildman–Crippen LogP) is 1.93. The maximum Gasteiger partial charge on any atom is 0.321 e. The van der Waals surface area contributed by atoms with Gasteiger partial charge in [-0.05, 0) is 32.9 Å². The molecule has 1 saturated heterocycles. The van der Waals surface area contributed by atoms with Crippen LogP contribution in [0, 0.1) is 6.92 Å². The van der Waals surface area contributed by atoms with Crippen molar-refractivity contribution in [3.63, 3.8) is 0 Å². The highest BCUT2D eigenvalue weighted by atomic mass is 32.2. The third-order valence-electron chi connectivity index (χ3n) is 3.67. The summed E-state index contributed by atoms with van der Waals surface area (Å²) in [5, 5.41) is 2.70. The number of aryl methyl sites for hydroxylation is 1. The predicted molar refractivity (Wildman–Crippen MR) is 89.5 cm³/mol. The molecule has 1 heterocycles. The lowest BCUT2D eigenvalue weighted by molar-refractivity contribution is 0.175. The molecule has 0 bridgehead atoms. The number of sulfonamides is 1. The van der Waals surface area contributed by atoms with Crippen molar-refractivity contribution in [3.05, 3.63) is 41.6 Å². The van der Waals surface area contributed by atoms with Crippen molar-refractivity contribution in [2.45, 2.75) is 25.7 Å². The van der Waals surface area contributed by atoms with E-state index >= 15 is 0 Å². The molecule has 126 valence electrons. The Labute approximate surface area is 137 Å². The average molecular weight is 337 g/mol. The van der Waals surface area contributed by atoms with Gasteiger partial charge in [-0.25, -0.2) is 13.2 Å². The summed E-state index contributed by atoms with van der Waals surface area (Å²) >= 11 is 0. The third-order valence-corrected chi connectivity index (χ3v) is 5.58. The second-order valence-electron chi connectivity index (χ2n) is 5.88. The van der Waals surface area contributed by atoms with Gasteiger partial charge in [0.05, 0.1) is 4.90 Å². The summed E-state index contributed by atoms with van der Waals surface area (Å²) in [5.41, 5.74) is 2.02. The highest BCUT2D eigenvalue weighted by Gasteiger charge is 2.29. The van der Waals surface area contributed by atoms with E-state index in [2.05, 4.69) is 5.32 Å². The number of allylic oxidation sites excluding steroid dienone is 1. The van der Waals surface area contributed by atoms with Gasteiger partial charge in [0.2, 0.25) is 10.0 Å². The minimum atomic E-state index is -3.49. The molecule has 0 aromatic heterocycles. The molecule has 1 fully saturated rings. The number of piperazine rings is 1. The number of urea groups is 1. The van der Waals surface area contributed by atoms with Gasteiger partial charge in [-0.1, -0.05) is 23.3 Å². The molecule has 0 radical (unpaired) electrons. The Hall–Kier alpha value is -1.86. The lowest BCUT2D eigenvalue weighted by atomic mass is 10.2. The van der Waals surface area contributed by atoms with Gasteiger partial charge in [-0.3, -0.25) is 0 Å². The maximum absolute atomic E-state index is 12.6. The van der Waals surface area contributed by atoms with E-state index in [0.717, 1.165) is 11.1 Å². The second-order valence-corrected chi connectivity index (χ2v) is 7.81. The minimum absolute atomic E-state index is 0.196. The smallest absolute Gasteiger partial charge is 0.321 e. The molecule has 7 heteroatoms. The van der Waals surface area contributed by atoms with Crippen molar-refractivity contribution < 1.29 is 13.2 Å². The average Bonchev–Trinajstić information content (AvgIpc) is 2.53. The number of hydrogen-bond acceptors (Lipinski definition) is 3. The number of hydrogen-bond donors (Lipinski definition) is 1. The second kappa shape index (κ2) is 7.14. The molecular formula is C16H23N3O3S. The van der Waals surface area contributed by atoms with Crippen LogP contribution < -0.4 is 5.32 Å². The third kappa shape index (κ3) is 4.33. The normalized spacial score (nSPS) is 16.0. The van der Waals surface area contributed by atoms with E-state index in [-0.39, 0.29) is 6.03 Å². The van der Waals surface area contributed by atoms with Crippen molar-refractivity contribution in [2.24, 2.45) is 0 Å². The highest BCUT2D eigenvalue weighted by Crippen LogP contribution is 2.18. The fourth-order valence-electron chi connectivity index (χ4n) is 2.29. The standard InChI is InChI=1S/C16H23N3O3S/c1-13(2)12-17-16(20)18-8-10-19(11-9-18)23(21,22)15-6-4-14(3)5-7-15/h4-7,12H,8-11H2,1-3H3,(H,17,20). The molecule has 1 aromatic carbocycles. The lowest BCUT2D eigenvalue weighted by Gasteiger charge is -2.33. The molecule has 0 saturated carbocycles. The summed E-state index contributed by atoms with van der Waals surface area (Å²) in [7, 11) is -3.49. The zero-order valence-electron chi connectivity index (χ0n) is 13.7. The van der Waals surface area contributed by atoms with Gasteiger partial charge in [-0.15, -0.1) is 0 Å². The fraction of sp³-hybridized carbons (Fsp3) is 0.438. The summed E-state index contributed by atoms with van der Waals surface area (Å²) in [5.74, 6) is 0. The molecule has 1 N–H and O–H groups in total. The van der Waals surface area contributed by atoms with Crippen LogP contribution in [0.4, 0.5) is 4.79 Å². The molecular weight excluding hydrogens is 314 g/mol. The van der Waals surface area contributed by atoms with Crippen LogP contribution in [0.2, 0.25) is 0 Å². The molecule has 1 aliphatic rings. The van der Waals surface area contributed by atoms with Crippen LogP contribution in [0.1, 0.15) is 19.4 Å². The molecule has 0 unspecified atom stereocenters. The molecule has 0 atom stereocenters. The van der Waals surface area contributed by atoms with E-state index in [0.29, 0.717) is 31.1 Å². The van der Waals surface area contributed by atoms with E-state index in [1.807, 2.05) is 20.8 Å². The number of carbonyl (C=O) groups excluding carboxylic acids is 1. The molecule has 0 aliphatic carbocycles. The quantitative estimate of drug-likeness (QED) is 0.916. The molecule has 2 rings (SSSR count). The first-order chi connectivity index (χ1) is 10.8. The van der Waals surface area contributed by atoms with E-state index in [1.54, 1.807) is 35.4 Å². The van der Waals surface area contributed by atoms with Crippen LogP contribution >= 0.6 is 0 Å². The van der Waals surface area contributed by atoms with Gasteiger partial charge in [-0.2, -0.15) is 4.31 Å². The Morgan fingerprint density at radius 2 is 1.65 bits per heavy atom. The van der Waals surface area contributed by atoms with E-state index in [9.17, 15) is 13.2 Å². The van der Waals surface area contributed by atoms with Crippen molar-refractivity contribution in [3.8, 4) is 0 Å². The van der Waals surface area contributed by atoms with Gasteiger partial charge in [0.25, 0.3) is 0 Å². The van der Waals surface area contributed by atoms with E-state index in [1.165, 1.54) is 4.31 Å². The Bertz CT molecular complexity index is 684. The van der Waals surface area contributed by atoms with Crippen LogP contribution in [-0.2, 0) is 10.0 Å². The highest BCUT2D eigenvalue weighted by molar-refractivity contribution is 7.89. The first kappa shape index (κ1) is 17.5. The largest absolute Gasteiger partial charge is 0.322 e. The maximum atomic E-state index is 12.6. The summed E-state index contributed by atoms with van der Waals surface area (Å²) in [6.07, 6.45) is 1.65. The Morgan fingerprint density at radius 1 is 1.09 bits per heavy atom. The number of amides is 2. The zero-order valence-corrected chi connectivity index (χ0v) is 14.6. The van der Waals surface area contributed by atoms with Crippen LogP contribution in [0.5, 0.6) is 0 Å². The van der Waals surface area contributed by atoms with Crippen LogP contribution in [-0.4, -0.2) is 49.8 Å². The summed E-state index contributed by atoms with van der Waals surface area (Å²) in [4.78, 5) is 13.9. The number of benzene rings is 1. The van der Waals surface area contributed by atoms with E-state index in [4.69, 9.17) is 0 Å². The number of nitrogens with one attached hydrogen (secondary N) is 1. The summed E-state index contributed by atoms with van der Waals surface area (Å²) < 4.78 is 26.6. The van der Waals surface area contributed by atoms with Gasteiger partial charge >= 0.3 is 6.03 Å². The minimum Gasteiger partial charge on any atom is -0.322 e. The Balaban J connectivity index is 1.99. The molecule has 23 heavy (non-hydrogen) atoms. The molecule has 1 aliphatic heterocycles. The fourth-order valence-corrected chi connectivity index (χ4v) is 3.71. The van der Waals surface area contributed by atoms with Crippen LogP contribution in [0.25, 0.3) is 0 Å². The van der Waals surface area contributed by atoms with Crippen molar-refractivity contribution >= 4 is 16.1 Å². The van der Waals surface area contributed by atoms with Crippen molar-refractivity contribution in [2.75, 3.05) is 26.2 Å². The van der Waals surface area contributed by atoms with Crippen LogP contribution in [0.15, 0.2) is 40.9 Å². The van der Waals surface area contributed by atoms with Gasteiger partial charge < -0.3 is 10.2 Å². The molecule has 0 spiro atoms. The van der Waals surface area contributed by atoms with Crippen molar-refractivity contribution in [1.82, 2.24) is 14.5 Å². The number of rotatable bonds is 3. The van der Waals surface area contributed by atoms with Crippen LogP contribution in [0.3, 0.4) is 0 Å². The van der Waals surface area contributed by atoms with Crippen molar-refractivity contribution in [1.29, 1.82) is 0 Å². The molecule has 6 nitrogen and oxygen atoms in total. The monoisotopic (exact) mass is 337 g/mol. The number of carbonyl (C=O) groups is 1. The summed E-state index contributed by atoms with van der Waals surface area (Å²) in [6, 6.07) is 6.63. The number of nitrogens with zero attached hydrogens (tertiary/aromatic N) is 2. The van der Waals surface area contributed by atoms with Gasteiger partial charge in [0.1, 0.15) is 0 Å². The first-order valence-electron chi connectivity index (χ1n) is 7.56. The zero-order chi connectivity index (χ0) is 17.0. The Morgan fingerprint density at radius 3 is 2.17 bits per heavy atom. The van der Waals surface area contributed by atoms with Gasteiger partial charge in [0, 0.05) is 32.4 Å². The molecule has 2 amide bonds.